The summed E-state index contributed by atoms with van der Waals surface area (Å²) in [5.41, 5.74) is 9.13. The summed E-state index contributed by atoms with van der Waals surface area (Å²) in [5, 5.41) is 2.91. The number of nitrogens with zero attached hydrogens (tertiary/aromatic N) is 1. The second-order valence-electron chi connectivity index (χ2n) is 4.72. The fraction of sp³-hybridized carbons (Fsp3) is 0.500. The zero-order valence-electron chi connectivity index (χ0n) is 10.9. The van der Waals surface area contributed by atoms with Crippen LogP contribution >= 0.6 is 0 Å². The Morgan fingerprint density at radius 1 is 1.50 bits per heavy atom. The molecule has 4 heteroatoms. The van der Waals surface area contributed by atoms with E-state index in [1.165, 1.54) is 5.56 Å². The molecule has 1 aromatic rings. The third-order valence-corrected chi connectivity index (χ3v) is 3.29. The highest BCUT2D eigenvalue weighted by Gasteiger charge is 2.20. The van der Waals surface area contributed by atoms with Gasteiger partial charge in [-0.1, -0.05) is 13.0 Å². The normalized spacial score (nSPS) is 14.2. The number of carbonyl (C=O) groups is 1. The topological polar surface area (TPSA) is 58.4 Å². The molecule has 98 valence electrons. The lowest BCUT2D eigenvalue weighted by atomic mass is 10.00. The molecule has 0 radical (unpaired) electrons. The van der Waals surface area contributed by atoms with E-state index >= 15 is 0 Å². The maximum Gasteiger partial charge on any atom is 0.239 e. The Bertz CT molecular complexity index is 431. The molecule has 18 heavy (non-hydrogen) atoms. The van der Waals surface area contributed by atoms with Gasteiger partial charge in [-0.3, -0.25) is 4.79 Å². The van der Waals surface area contributed by atoms with E-state index in [4.69, 9.17) is 5.73 Å². The molecule has 0 atom stereocenters. The molecule has 1 aliphatic rings. The van der Waals surface area contributed by atoms with Gasteiger partial charge >= 0.3 is 0 Å². The van der Waals surface area contributed by atoms with Gasteiger partial charge in [0.15, 0.2) is 0 Å². The highest BCUT2D eigenvalue weighted by atomic mass is 16.2. The standard InChI is InChI=1S/C14H21N3O/c1-2-8-16-14(18)10-17-9-4-5-11-12(15)6-3-7-13(11)17/h3,6-7H,2,4-5,8-10,15H2,1H3,(H,16,18). The first-order valence-corrected chi connectivity index (χ1v) is 6.61. The van der Waals surface area contributed by atoms with Gasteiger partial charge in [0, 0.05) is 24.5 Å². The van der Waals surface area contributed by atoms with Gasteiger partial charge < -0.3 is 16.0 Å². The number of fused-ring (bicyclic) bond motifs is 1. The fourth-order valence-electron chi connectivity index (χ4n) is 2.39. The number of amides is 1. The molecule has 0 saturated carbocycles. The van der Waals surface area contributed by atoms with Crippen LogP contribution in [0.4, 0.5) is 11.4 Å². The van der Waals surface area contributed by atoms with Crippen LogP contribution in [0.1, 0.15) is 25.3 Å². The van der Waals surface area contributed by atoms with Crippen molar-refractivity contribution in [3.8, 4) is 0 Å². The van der Waals surface area contributed by atoms with Crippen LogP contribution in [-0.4, -0.2) is 25.5 Å². The number of hydrogen-bond donors (Lipinski definition) is 2. The summed E-state index contributed by atoms with van der Waals surface area (Å²) in [6, 6.07) is 5.94. The van der Waals surface area contributed by atoms with E-state index in [9.17, 15) is 4.79 Å². The second-order valence-corrected chi connectivity index (χ2v) is 4.72. The molecule has 3 N–H and O–H groups in total. The molecule has 0 aliphatic carbocycles. The Morgan fingerprint density at radius 2 is 2.33 bits per heavy atom. The largest absolute Gasteiger partial charge is 0.398 e. The molecule has 0 bridgehead atoms. The van der Waals surface area contributed by atoms with Crippen molar-refractivity contribution in [3.05, 3.63) is 23.8 Å². The van der Waals surface area contributed by atoms with Crippen LogP contribution in [0, 0.1) is 0 Å². The molecule has 4 nitrogen and oxygen atoms in total. The minimum atomic E-state index is 0.0899. The zero-order valence-corrected chi connectivity index (χ0v) is 10.9. The number of nitrogen functional groups attached to an aromatic ring is 1. The molecule has 0 fully saturated rings. The van der Waals surface area contributed by atoms with Crippen LogP contribution in [0.2, 0.25) is 0 Å². The molecule has 1 aliphatic heterocycles. The third-order valence-electron chi connectivity index (χ3n) is 3.29. The lowest BCUT2D eigenvalue weighted by Gasteiger charge is -2.31. The van der Waals surface area contributed by atoms with Crippen LogP contribution < -0.4 is 16.0 Å². The molecular weight excluding hydrogens is 226 g/mol. The summed E-state index contributed by atoms with van der Waals surface area (Å²) < 4.78 is 0. The van der Waals surface area contributed by atoms with Crippen LogP contribution in [0.25, 0.3) is 0 Å². The van der Waals surface area contributed by atoms with Crippen molar-refractivity contribution >= 4 is 17.3 Å². The van der Waals surface area contributed by atoms with Gasteiger partial charge in [0.05, 0.1) is 6.54 Å². The van der Waals surface area contributed by atoms with E-state index < -0.39 is 0 Å². The van der Waals surface area contributed by atoms with Crippen LogP contribution in [-0.2, 0) is 11.2 Å². The van der Waals surface area contributed by atoms with Crippen molar-refractivity contribution in [3.63, 3.8) is 0 Å². The summed E-state index contributed by atoms with van der Waals surface area (Å²) in [6.07, 6.45) is 3.03. The zero-order chi connectivity index (χ0) is 13.0. The molecule has 0 unspecified atom stereocenters. The van der Waals surface area contributed by atoms with Gasteiger partial charge in [0.2, 0.25) is 5.91 Å². The van der Waals surface area contributed by atoms with E-state index in [-0.39, 0.29) is 5.91 Å². The predicted molar refractivity (Wildman–Crippen MR) is 74.7 cm³/mol. The average molecular weight is 247 g/mol. The lowest BCUT2D eigenvalue weighted by Crippen LogP contribution is -2.40. The molecule has 0 aromatic heterocycles. The van der Waals surface area contributed by atoms with E-state index in [2.05, 4.69) is 23.2 Å². The Balaban J connectivity index is 2.08. The molecule has 0 spiro atoms. The maximum atomic E-state index is 11.8. The fourth-order valence-corrected chi connectivity index (χ4v) is 2.39. The number of rotatable bonds is 4. The first-order chi connectivity index (χ1) is 8.72. The second kappa shape index (κ2) is 5.76. The number of anilines is 2. The van der Waals surface area contributed by atoms with Crippen LogP contribution in [0.15, 0.2) is 18.2 Å². The maximum absolute atomic E-state index is 11.8. The first-order valence-electron chi connectivity index (χ1n) is 6.61. The Kier molecular flexibility index (Phi) is 4.07. The minimum Gasteiger partial charge on any atom is -0.398 e. The van der Waals surface area contributed by atoms with Gasteiger partial charge in [-0.05, 0) is 37.0 Å². The third kappa shape index (κ3) is 2.75. The number of nitrogens with two attached hydrogens (primary N) is 1. The molecule has 2 rings (SSSR count). The van der Waals surface area contributed by atoms with Crippen LogP contribution in [0.3, 0.4) is 0 Å². The van der Waals surface area contributed by atoms with E-state index in [1.807, 2.05) is 12.1 Å². The highest BCUT2D eigenvalue weighted by molar-refractivity contribution is 5.82. The van der Waals surface area contributed by atoms with E-state index in [0.717, 1.165) is 43.7 Å². The van der Waals surface area contributed by atoms with Gasteiger partial charge in [-0.15, -0.1) is 0 Å². The highest BCUT2D eigenvalue weighted by Crippen LogP contribution is 2.30. The number of nitrogens with one attached hydrogen (secondary N) is 1. The predicted octanol–water partition coefficient (Wildman–Crippen LogP) is 1.55. The average Bonchev–Trinajstić information content (AvgIpc) is 2.38. The van der Waals surface area contributed by atoms with Crippen LogP contribution in [0.5, 0.6) is 0 Å². The lowest BCUT2D eigenvalue weighted by molar-refractivity contribution is -0.119. The van der Waals surface area contributed by atoms with Gasteiger partial charge in [-0.2, -0.15) is 0 Å². The molecule has 1 heterocycles. The number of hydrogen-bond acceptors (Lipinski definition) is 3. The molecular formula is C14H21N3O. The molecule has 0 saturated heterocycles. The SMILES string of the molecule is CCCNC(=O)CN1CCCc2c(N)cccc21. The van der Waals surface area contributed by atoms with Crippen molar-refractivity contribution in [2.75, 3.05) is 30.3 Å². The van der Waals surface area contributed by atoms with Crippen molar-refractivity contribution in [2.24, 2.45) is 0 Å². The Hall–Kier alpha value is -1.71. The smallest absolute Gasteiger partial charge is 0.239 e. The Labute approximate surface area is 108 Å². The van der Waals surface area contributed by atoms with Gasteiger partial charge in [-0.25, -0.2) is 0 Å². The molecule has 1 amide bonds. The molecule has 1 aromatic carbocycles. The van der Waals surface area contributed by atoms with Crippen molar-refractivity contribution in [1.29, 1.82) is 0 Å². The summed E-state index contributed by atoms with van der Waals surface area (Å²) in [4.78, 5) is 13.9. The first kappa shape index (κ1) is 12.7. The van der Waals surface area contributed by atoms with E-state index in [1.54, 1.807) is 0 Å². The number of carbonyl (C=O) groups excluding carboxylic acids is 1. The van der Waals surface area contributed by atoms with Crippen molar-refractivity contribution < 1.29 is 4.79 Å². The summed E-state index contributed by atoms with van der Waals surface area (Å²) in [5.74, 6) is 0.0899. The summed E-state index contributed by atoms with van der Waals surface area (Å²) in [6.45, 7) is 4.15. The Morgan fingerprint density at radius 3 is 3.11 bits per heavy atom. The van der Waals surface area contributed by atoms with Crippen molar-refractivity contribution in [2.45, 2.75) is 26.2 Å². The van der Waals surface area contributed by atoms with Gasteiger partial charge in [0.25, 0.3) is 0 Å². The summed E-state index contributed by atoms with van der Waals surface area (Å²) in [7, 11) is 0. The van der Waals surface area contributed by atoms with E-state index in [0.29, 0.717) is 6.54 Å². The minimum absolute atomic E-state index is 0.0899. The number of benzene rings is 1. The monoisotopic (exact) mass is 247 g/mol. The summed E-state index contributed by atoms with van der Waals surface area (Å²) >= 11 is 0. The van der Waals surface area contributed by atoms with Crippen molar-refractivity contribution in [1.82, 2.24) is 5.32 Å². The quantitative estimate of drug-likeness (QED) is 0.794. The van der Waals surface area contributed by atoms with Gasteiger partial charge in [0.1, 0.15) is 0 Å².